The summed E-state index contributed by atoms with van der Waals surface area (Å²) in [5, 5.41) is 0. The van der Waals surface area contributed by atoms with Gasteiger partial charge in [-0.3, -0.25) is 0 Å². The molecule has 0 saturated heterocycles. The average molecular weight is 329 g/mol. The maximum absolute atomic E-state index is 3.76. The minimum atomic E-state index is 0. The van der Waals surface area contributed by atoms with Gasteiger partial charge in [0.05, 0.1) is 0 Å². The molecule has 23 heavy (non-hydrogen) atoms. The van der Waals surface area contributed by atoms with Gasteiger partial charge in [-0.2, -0.15) is 0 Å². The number of hydrogen-bond donors (Lipinski definition) is 0. The van der Waals surface area contributed by atoms with Crippen LogP contribution in [0.25, 0.3) is 0 Å². The quantitative estimate of drug-likeness (QED) is 0.450. The van der Waals surface area contributed by atoms with Gasteiger partial charge >= 0.3 is 0 Å². The van der Waals surface area contributed by atoms with Crippen LogP contribution in [-0.4, -0.2) is 0 Å². The van der Waals surface area contributed by atoms with Crippen molar-refractivity contribution < 1.29 is 0 Å². The van der Waals surface area contributed by atoms with Crippen molar-refractivity contribution in [3.05, 3.63) is 48.1 Å². The molecule has 0 atom stereocenters. The molecule has 0 aliphatic carbocycles. The van der Waals surface area contributed by atoms with Gasteiger partial charge in [-0.15, -0.1) is 0 Å². The van der Waals surface area contributed by atoms with Crippen LogP contribution in [0.2, 0.25) is 0 Å². The summed E-state index contributed by atoms with van der Waals surface area (Å²) in [5.74, 6) is 0. The lowest BCUT2D eigenvalue weighted by molar-refractivity contribution is 1.19. The fourth-order valence-electron chi connectivity index (χ4n) is 0.999. The topological polar surface area (TPSA) is 0 Å². The molecule has 0 aliphatic heterocycles. The van der Waals surface area contributed by atoms with E-state index in [9.17, 15) is 0 Å². The maximum atomic E-state index is 3.76. The molecule has 0 heteroatoms. The van der Waals surface area contributed by atoms with E-state index in [-0.39, 0.29) is 7.43 Å². The lowest BCUT2D eigenvalue weighted by Gasteiger charge is -2.01. The largest absolute Gasteiger partial charge is 0.0988 e. The van der Waals surface area contributed by atoms with Gasteiger partial charge in [-0.25, -0.2) is 0 Å². The van der Waals surface area contributed by atoms with E-state index in [1.165, 1.54) is 11.1 Å². The first-order valence-corrected chi connectivity index (χ1v) is 9.34. The molecule has 0 spiro atoms. The van der Waals surface area contributed by atoms with Crippen LogP contribution in [0.1, 0.15) is 104 Å². The van der Waals surface area contributed by atoms with Crippen molar-refractivity contribution in [3.8, 4) is 0 Å². The van der Waals surface area contributed by atoms with E-state index in [2.05, 4.69) is 37.8 Å². The van der Waals surface area contributed by atoms with Gasteiger partial charge in [0, 0.05) is 0 Å². The Morgan fingerprint density at radius 3 is 1.13 bits per heavy atom. The van der Waals surface area contributed by atoms with E-state index in [0.29, 0.717) is 0 Å². The van der Waals surface area contributed by atoms with Crippen molar-refractivity contribution in [1.29, 1.82) is 0 Å². The Bertz CT molecular complexity index is 214. The molecule has 0 saturated carbocycles. The molecule has 0 amide bonds. The van der Waals surface area contributed by atoms with Crippen LogP contribution in [0.3, 0.4) is 0 Å². The molecular formula is C23H52. The summed E-state index contributed by atoms with van der Waals surface area (Å²) in [6, 6.07) is 0. The standard InChI is InChI=1S/C12H18.5C2H6.CH4/c1-5-9-12(8-4)10-11(6-2)7-3;5*1-2;/h5-9H,2,10H2,1,3-4H3;5*1-2H3;1H4/b9-5-,11-7+,12-8+;;;;;;. The number of hydrogen-bond acceptors (Lipinski definition) is 0. The number of rotatable bonds is 4. The van der Waals surface area contributed by atoms with E-state index < -0.39 is 0 Å². The minimum Gasteiger partial charge on any atom is -0.0988 e. The second-order valence-corrected chi connectivity index (χ2v) is 2.61. The minimum absolute atomic E-state index is 0. The van der Waals surface area contributed by atoms with Crippen LogP contribution in [0.15, 0.2) is 48.1 Å². The zero-order chi connectivity index (χ0) is 19.4. The summed E-state index contributed by atoms with van der Waals surface area (Å²) in [6.45, 7) is 29.9. The van der Waals surface area contributed by atoms with Crippen molar-refractivity contribution in [3.63, 3.8) is 0 Å². The van der Waals surface area contributed by atoms with Crippen molar-refractivity contribution in [2.24, 2.45) is 0 Å². The predicted molar refractivity (Wildman–Crippen MR) is 121 cm³/mol. The highest BCUT2D eigenvalue weighted by molar-refractivity contribution is 5.29. The maximum Gasteiger partial charge on any atom is -0.00326 e. The van der Waals surface area contributed by atoms with Crippen molar-refractivity contribution in [1.82, 2.24) is 0 Å². The second kappa shape index (κ2) is 69.5. The fraction of sp³-hybridized carbons (Fsp3) is 0.652. The molecular weight excluding hydrogens is 276 g/mol. The first-order valence-electron chi connectivity index (χ1n) is 9.34. The lowest BCUT2D eigenvalue weighted by atomic mass is 10.0. The second-order valence-electron chi connectivity index (χ2n) is 2.61. The molecule has 0 aromatic rings. The molecule has 0 bridgehead atoms. The third-order valence-corrected chi connectivity index (χ3v) is 1.79. The molecule has 0 rings (SSSR count). The Kier molecular flexibility index (Phi) is 130. The molecule has 0 aromatic carbocycles. The molecule has 0 heterocycles. The summed E-state index contributed by atoms with van der Waals surface area (Å²) in [7, 11) is 0. The summed E-state index contributed by atoms with van der Waals surface area (Å²) < 4.78 is 0. The van der Waals surface area contributed by atoms with Gasteiger partial charge in [0.1, 0.15) is 0 Å². The highest BCUT2D eigenvalue weighted by Crippen LogP contribution is 2.12. The van der Waals surface area contributed by atoms with Crippen molar-refractivity contribution >= 4 is 0 Å². The van der Waals surface area contributed by atoms with Gasteiger partial charge in [0.2, 0.25) is 0 Å². The first kappa shape index (κ1) is 43.1. The smallest absolute Gasteiger partial charge is 0.00326 e. The summed E-state index contributed by atoms with van der Waals surface area (Å²) in [6.07, 6.45) is 11.3. The Hall–Kier alpha value is -1.04. The van der Waals surface area contributed by atoms with Crippen LogP contribution in [-0.2, 0) is 0 Å². The third kappa shape index (κ3) is 52.7. The molecule has 0 nitrogen and oxygen atoms in total. The predicted octanol–water partition coefficient (Wildman–Crippen LogP) is 9.80. The van der Waals surface area contributed by atoms with E-state index >= 15 is 0 Å². The molecule has 144 valence electrons. The van der Waals surface area contributed by atoms with E-state index in [1.54, 1.807) is 0 Å². The Morgan fingerprint density at radius 2 is 0.957 bits per heavy atom. The van der Waals surface area contributed by atoms with Crippen molar-refractivity contribution in [2.45, 2.75) is 104 Å². The molecule has 0 fully saturated rings. The normalized spacial score (nSPS) is 8.57. The van der Waals surface area contributed by atoms with Gasteiger partial charge in [0.15, 0.2) is 0 Å². The van der Waals surface area contributed by atoms with Gasteiger partial charge in [0.25, 0.3) is 0 Å². The monoisotopic (exact) mass is 328 g/mol. The summed E-state index contributed by atoms with van der Waals surface area (Å²) in [4.78, 5) is 0. The fourth-order valence-corrected chi connectivity index (χ4v) is 0.999. The summed E-state index contributed by atoms with van der Waals surface area (Å²) in [5.41, 5.74) is 2.62. The molecule has 0 aliphatic rings. The first-order chi connectivity index (χ1) is 10.8. The molecule has 0 unspecified atom stereocenters. The average Bonchev–Trinajstić information content (AvgIpc) is 2.67. The SMILES string of the molecule is C.C=C/C(=C\C)CC(/C=C\C)=C/C.CC.CC.CC.CC.CC. The van der Waals surface area contributed by atoms with E-state index in [0.717, 1.165) is 6.42 Å². The molecule has 0 radical (unpaired) electrons. The van der Waals surface area contributed by atoms with Crippen LogP contribution in [0.4, 0.5) is 0 Å². The lowest BCUT2D eigenvalue weighted by Crippen LogP contribution is -1.81. The van der Waals surface area contributed by atoms with Crippen LogP contribution >= 0.6 is 0 Å². The molecule has 0 aromatic heterocycles. The van der Waals surface area contributed by atoms with E-state index in [1.807, 2.05) is 89.2 Å². The highest BCUT2D eigenvalue weighted by atomic mass is 14.0. The third-order valence-electron chi connectivity index (χ3n) is 1.79. The van der Waals surface area contributed by atoms with Crippen LogP contribution < -0.4 is 0 Å². The summed E-state index contributed by atoms with van der Waals surface area (Å²) >= 11 is 0. The van der Waals surface area contributed by atoms with Gasteiger partial charge < -0.3 is 0 Å². The zero-order valence-corrected chi connectivity index (χ0v) is 18.3. The van der Waals surface area contributed by atoms with Crippen LogP contribution in [0, 0.1) is 0 Å². The van der Waals surface area contributed by atoms with Crippen LogP contribution in [0.5, 0.6) is 0 Å². The number of allylic oxidation sites excluding steroid dienone is 7. The van der Waals surface area contributed by atoms with Gasteiger partial charge in [-0.05, 0) is 38.3 Å². The van der Waals surface area contributed by atoms with Crippen molar-refractivity contribution in [2.75, 3.05) is 0 Å². The Morgan fingerprint density at radius 1 is 0.652 bits per heavy atom. The van der Waals surface area contributed by atoms with Gasteiger partial charge in [-0.1, -0.05) is 114 Å². The highest BCUT2D eigenvalue weighted by Gasteiger charge is 1.92. The zero-order valence-electron chi connectivity index (χ0n) is 18.3. The molecule has 0 N–H and O–H groups in total. The Balaban J connectivity index is -0.0000000396. The Labute approximate surface area is 152 Å². The van der Waals surface area contributed by atoms with E-state index in [4.69, 9.17) is 0 Å².